The lowest BCUT2D eigenvalue weighted by Crippen LogP contribution is -2.54. The predicted molar refractivity (Wildman–Crippen MR) is 122 cm³/mol. The molecule has 0 bridgehead atoms. The highest BCUT2D eigenvalue weighted by atomic mass is 16.2. The number of amides is 6. The molecule has 2 aliphatic rings. The largest absolute Gasteiger partial charge is 0.384 e. The molecule has 176 valence electrons. The summed E-state index contributed by atoms with van der Waals surface area (Å²) in [4.78, 5) is 66.3. The second-order valence-electron chi connectivity index (χ2n) is 7.93. The van der Waals surface area contributed by atoms with Crippen molar-refractivity contribution in [3.63, 3.8) is 0 Å². The van der Waals surface area contributed by atoms with Crippen molar-refractivity contribution in [1.29, 1.82) is 0 Å². The Morgan fingerprint density at radius 2 is 1.79 bits per heavy atom. The summed E-state index contributed by atoms with van der Waals surface area (Å²) in [6.07, 6.45) is 4.76. The number of fused-ring (bicyclic) bond motifs is 1. The number of nitrogens with one attached hydrogen (secondary N) is 4. The number of hydrogen-bond donors (Lipinski definition) is 4. The average molecular weight is 464 g/mol. The molecule has 1 unspecified atom stereocenters. The number of carbonyl (C=O) groups is 5. The topological polar surface area (TPSA) is 150 Å². The van der Waals surface area contributed by atoms with Crippen LogP contribution in [0.1, 0.15) is 46.4 Å². The predicted octanol–water partition coefficient (Wildman–Crippen LogP) is 1.50. The molecule has 3 heterocycles. The first-order chi connectivity index (χ1) is 16.5. The van der Waals surface area contributed by atoms with E-state index in [-0.39, 0.29) is 30.0 Å². The number of imide groups is 2. The van der Waals surface area contributed by atoms with Gasteiger partial charge in [0.1, 0.15) is 6.04 Å². The van der Waals surface area contributed by atoms with Crippen molar-refractivity contribution in [1.82, 2.24) is 20.5 Å². The summed E-state index contributed by atoms with van der Waals surface area (Å²) < 4.78 is 0. The van der Waals surface area contributed by atoms with E-state index in [9.17, 15) is 24.0 Å². The van der Waals surface area contributed by atoms with E-state index in [1.165, 1.54) is 0 Å². The van der Waals surface area contributed by atoms with Crippen LogP contribution in [0.2, 0.25) is 0 Å². The molecule has 1 atom stereocenters. The Hall–Kier alpha value is -4.28. The number of rotatable bonds is 8. The van der Waals surface area contributed by atoms with Crippen LogP contribution in [-0.4, -0.2) is 58.7 Å². The first-order valence-electron chi connectivity index (χ1n) is 11.0. The Morgan fingerprint density at radius 1 is 1.03 bits per heavy atom. The molecule has 11 heteroatoms. The van der Waals surface area contributed by atoms with Crippen molar-refractivity contribution in [2.75, 3.05) is 23.7 Å². The maximum atomic E-state index is 13.1. The van der Waals surface area contributed by atoms with Gasteiger partial charge in [0.15, 0.2) is 0 Å². The number of hydrogen-bond acceptors (Lipinski definition) is 7. The summed E-state index contributed by atoms with van der Waals surface area (Å²) in [5.41, 5.74) is 1.62. The fourth-order valence-electron chi connectivity index (χ4n) is 3.95. The third kappa shape index (κ3) is 4.87. The Labute approximate surface area is 195 Å². The lowest BCUT2D eigenvalue weighted by Gasteiger charge is -2.27. The summed E-state index contributed by atoms with van der Waals surface area (Å²) in [7, 11) is 0. The number of nitrogens with zero attached hydrogens (tertiary/aromatic N) is 2. The summed E-state index contributed by atoms with van der Waals surface area (Å²) in [6, 6.07) is 7.01. The van der Waals surface area contributed by atoms with Crippen LogP contribution in [0.5, 0.6) is 0 Å². The fraction of sp³-hybridized carbons (Fsp3) is 0.304. The first-order valence-corrected chi connectivity index (χ1v) is 11.0. The van der Waals surface area contributed by atoms with Gasteiger partial charge in [0.2, 0.25) is 11.8 Å². The molecule has 34 heavy (non-hydrogen) atoms. The van der Waals surface area contributed by atoms with Gasteiger partial charge in [0.25, 0.3) is 11.8 Å². The van der Waals surface area contributed by atoms with Gasteiger partial charge in [-0.1, -0.05) is 6.07 Å². The first kappa shape index (κ1) is 22.9. The van der Waals surface area contributed by atoms with Crippen molar-refractivity contribution in [2.45, 2.75) is 31.7 Å². The summed E-state index contributed by atoms with van der Waals surface area (Å²) in [5.74, 6) is -2.14. The monoisotopic (exact) mass is 464 g/mol. The zero-order valence-electron chi connectivity index (χ0n) is 18.3. The lowest BCUT2D eigenvalue weighted by molar-refractivity contribution is -0.136. The van der Waals surface area contributed by atoms with Gasteiger partial charge < -0.3 is 16.0 Å². The number of piperidine rings is 1. The standard InChI is InChI=1S/C23H24N6O5/c30-18-7-6-17(20(31)28-18)29-21(32)15-4-3-5-16(19(15)22(29)33)25-10-1-2-11-26-23(34)27-14-8-12-24-13-9-14/h3-5,8-9,12-13,17,25H,1-2,6-7,10-11H2,(H,28,30,31)(H2,24,26,27,34). The summed E-state index contributed by atoms with van der Waals surface area (Å²) in [5, 5.41) is 10.8. The van der Waals surface area contributed by atoms with Crippen molar-refractivity contribution in [2.24, 2.45) is 0 Å². The van der Waals surface area contributed by atoms with E-state index in [0.29, 0.717) is 37.3 Å². The van der Waals surface area contributed by atoms with Gasteiger partial charge in [-0.2, -0.15) is 0 Å². The Balaban J connectivity index is 1.28. The lowest BCUT2D eigenvalue weighted by atomic mass is 10.0. The molecule has 0 radical (unpaired) electrons. The SMILES string of the molecule is O=C1CCC(N2C(=O)c3cccc(NCCCCNC(=O)Nc4ccncc4)c3C2=O)C(=O)N1. The average Bonchev–Trinajstić information content (AvgIpc) is 3.07. The Kier molecular flexibility index (Phi) is 6.81. The van der Waals surface area contributed by atoms with Gasteiger partial charge in [-0.3, -0.25) is 34.4 Å². The van der Waals surface area contributed by atoms with Crippen molar-refractivity contribution in [3.05, 3.63) is 53.9 Å². The fourth-order valence-corrected chi connectivity index (χ4v) is 3.95. The van der Waals surface area contributed by atoms with Crippen LogP contribution in [0.15, 0.2) is 42.7 Å². The van der Waals surface area contributed by atoms with Gasteiger partial charge >= 0.3 is 6.03 Å². The minimum absolute atomic E-state index is 0.0730. The Morgan fingerprint density at radius 3 is 2.56 bits per heavy atom. The zero-order chi connectivity index (χ0) is 24.1. The van der Waals surface area contributed by atoms with Crippen LogP contribution in [0, 0.1) is 0 Å². The number of anilines is 2. The van der Waals surface area contributed by atoms with Crippen LogP contribution in [0.25, 0.3) is 0 Å². The summed E-state index contributed by atoms with van der Waals surface area (Å²) >= 11 is 0. The molecular formula is C23H24N6O5. The van der Waals surface area contributed by atoms with E-state index < -0.39 is 29.7 Å². The van der Waals surface area contributed by atoms with Crippen LogP contribution in [0.4, 0.5) is 16.2 Å². The van der Waals surface area contributed by atoms with E-state index in [4.69, 9.17) is 0 Å². The highest BCUT2D eigenvalue weighted by molar-refractivity contribution is 6.25. The third-order valence-corrected chi connectivity index (χ3v) is 5.61. The number of carbonyl (C=O) groups excluding carboxylic acids is 5. The van der Waals surface area contributed by atoms with E-state index in [1.807, 2.05) is 0 Å². The minimum atomic E-state index is -0.998. The molecule has 1 aromatic heterocycles. The number of urea groups is 1. The highest BCUT2D eigenvalue weighted by Crippen LogP contribution is 2.32. The Bertz CT molecular complexity index is 1140. The van der Waals surface area contributed by atoms with Gasteiger partial charge in [0, 0.05) is 43.3 Å². The van der Waals surface area contributed by atoms with Crippen molar-refractivity contribution >= 4 is 41.0 Å². The van der Waals surface area contributed by atoms with Crippen LogP contribution < -0.4 is 21.3 Å². The number of pyridine rings is 1. The summed E-state index contributed by atoms with van der Waals surface area (Å²) in [6.45, 7) is 0.982. The van der Waals surface area contributed by atoms with Gasteiger partial charge in [-0.05, 0) is 43.5 Å². The molecule has 2 aliphatic heterocycles. The van der Waals surface area contributed by atoms with E-state index in [2.05, 4.69) is 26.3 Å². The second-order valence-corrected chi connectivity index (χ2v) is 7.93. The van der Waals surface area contributed by atoms with E-state index in [0.717, 1.165) is 4.90 Å². The van der Waals surface area contributed by atoms with Crippen LogP contribution >= 0.6 is 0 Å². The van der Waals surface area contributed by atoms with Gasteiger partial charge in [0.05, 0.1) is 11.1 Å². The molecule has 1 saturated heterocycles. The normalized spacial score (nSPS) is 17.3. The second kappa shape index (κ2) is 10.1. The quantitative estimate of drug-likeness (QED) is 0.341. The molecule has 11 nitrogen and oxygen atoms in total. The number of benzene rings is 1. The molecule has 1 fully saturated rings. The maximum absolute atomic E-state index is 13.1. The highest BCUT2D eigenvalue weighted by Gasteiger charge is 2.45. The van der Waals surface area contributed by atoms with Crippen LogP contribution in [-0.2, 0) is 9.59 Å². The number of aromatic nitrogens is 1. The molecule has 2 aromatic rings. The van der Waals surface area contributed by atoms with Crippen molar-refractivity contribution in [3.8, 4) is 0 Å². The molecular weight excluding hydrogens is 440 g/mol. The minimum Gasteiger partial charge on any atom is -0.384 e. The smallest absolute Gasteiger partial charge is 0.319 e. The molecule has 0 aliphatic carbocycles. The molecule has 6 amide bonds. The molecule has 4 N–H and O–H groups in total. The van der Waals surface area contributed by atoms with Gasteiger partial charge in [-0.15, -0.1) is 0 Å². The zero-order valence-corrected chi connectivity index (χ0v) is 18.3. The number of unbranched alkanes of at least 4 members (excludes halogenated alkanes) is 1. The molecule has 4 rings (SSSR count). The maximum Gasteiger partial charge on any atom is 0.319 e. The van der Waals surface area contributed by atoms with Crippen LogP contribution in [0.3, 0.4) is 0 Å². The van der Waals surface area contributed by atoms with E-state index >= 15 is 0 Å². The molecule has 0 saturated carbocycles. The van der Waals surface area contributed by atoms with Gasteiger partial charge in [-0.25, -0.2) is 4.79 Å². The third-order valence-electron chi connectivity index (χ3n) is 5.61. The molecule has 0 spiro atoms. The van der Waals surface area contributed by atoms with Crippen molar-refractivity contribution < 1.29 is 24.0 Å². The molecule has 1 aromatic carbocycles. The van der Waals surface area contributed by atoms with E-state index in [1.54, 1.807) is 42.7 Å².